The van der Waals surface area contributed by atoms with Crippen molar-refractivity contribution in [2.75, 3.05) is 7.11 Å². The van der Waals surface area contributed by atoms with E-state index in [0.29, 0.717) is 0 Å². The van der Waals surface area contributed by atoms with Gasteiger partial charge in [0.05, 0.1) is 7.11 Å². The fourth-order valence-electron chi connectivity index (χ4n) is 0.703. The summed E-state index contributed by atoms with van der Waals surface area (Å²) in [5.41, 5.74) is 0. The molecule has 0 aromatic rings. The van der Waals surface area contributed by atoms with Gasteiger partial charge in [0, 0.05) is 6.42 Å². The van der Waals surface area contributed by atoms with Gasteiger partial charge in [-0.25, -0.2) is 4.79 Å². The van der Waals surface area contributed by atoms with Crippen molar-refractivity contribution in [1.29, 1.82) is 0 Å². The number of hydrogen-bond acceptors (Lipinski definition) is 3. The van der Waals surface area contributed by atoms with Crippen LogP contribution < -0.4 is 0 Å². The molecule has 13 heavy (non-hydrogen) atoms. The van der Waals surface area contributed by atoms with E-state index >= 15 is 0 Å². The van der Waals surface area contributed by atoms with Gasteiger partial charge < -0.3 is 9.47 Å². The van der Waals surface area contributed by atoms with E-state index in [1.807, 2.05) is 0 Å². The molecule has 0 bridgehead atoms. The minimum Gasteiger partial charge on any atom is -0.438 e. The van der Waals surface area contributed by atoms with Crippen molar-refractivity contribution < 1.29 is 14.3 Å². The third kappa shape index (κ3) is 7.20. The Bertz CT molecular complexity index is 200. The Morgan fingerprint density at radius 1 is 1.54 bits per heavy atom. The van der Waals surface area contributed by atoms with E-state index in [4.69, 9.17) is 4.74 Å². The van der Waals surface area contributed by atoms with Crippen LogP contribution in [0.25, 0.3) is 0 Å². The van der Waals surface area contributed by atoms with Gasteiger partial charge in [0.1, 0.15) is 0 Å². The Morgan fingerprint density at radius 2 is 2.23 bits per heavy atom. The van der Waals surface area contributed by atoms with E-state index in [-0.39, 0.29) is 6.10 Å². The second kappa shape index (κ2) is 7.48. The molecule has 0 aromatic carbocycles. The lowest BCUT2D eigenvalue weighted by molar-refractivity contribution is 0.0604. The van der Waals surface area contributed by atoms with E-state index in [9.17, 15) is 4.79 Å². The first-order valence-electron chi connectivity index (χ1n) is 4.43. The maximum Gasteiger partial charge on any atom is 0.509 e. The lowest BCUT2D eigenvalue weighted by atomic mass is 10.2. The molecule has 3 heteroatoms. The molecule has 0 radical (unpaired) electrons. The van der Waals surface area contributed by atoms with Gasteiger partial charge in [-0.05, 0) is 13.3 Å². The average Bonchev–Trinajstić information content (AvgIpc) is 2.12. The van der Waals surface area contributed by atoms with Crippen molar-refractivity contribution in [3.8, 4) is 11.8 Å². The van der Waals surface area contributed by atoms with E-state index in [2.05, 4.69) is 23.5 Å². The predicted molar refractivity (Wildman–Crippen MR) is 50.3 cm³/mol. The number of carbonyl (C=O) groups excluding carboxylic acids is 1. The standard InChI is InChI=1S/C10H16O3/c1-4-5-6-7-8-9(2)13-10(11)12-3/h9H,4-6H2,1-3H3. The highest BCUT2D eigenvalue weighted by Gasteiger charge is 2.04. The summed E-state index contributed by atoms with van der Waals surface area (Å²) < 4.78 is 9.06. The van der Waals surface area contributed by atoms with Crippen LogP contribution in [0.4, 0.5) is 4.79 Å². The lowest BCUT2D eigenvalue weighted by Gasteiger charge is -2.04. The minimum absolute atomic E-state index is 0.385. The van der Waals surface area contributed by atoms with Crippen LogP contribution in [-0.4, -0.2) is 19.4 Å². The normalized spacial score (nSPS) is 11.0. The zero-order chi connectivity index (χ0) is 10.1. The van der Waals surface area contributed by atoms with Crippen molar-refractivity contribution in [3.05, 3.63) is 0 Å². The molecule has 0 aliphatic carbocycles. The number of rotatable bonds is 3. The van der Waals surface area contributed by atoms with E-state index in [1.54, 1.807) is 6.92 Å². The molecule has 0 aliphatic heterocycles. The first-order valence-corrected chi connectivity index (χ1v) is 4.43. The molecule has 1 atom stereocenters. The van der Waals surface area contributed by atoms with Crippen LogP contribution in [0.3, 0.4) is 0 Å². The first kappa shape index (κ1) is 11.8. The van der Waals surface area contributed by atoms with Gasteiger partial charge in [-0.15, -0.1) is 0 Å². The highest BCUT2D eigenvalue weighted by Crippen LogP contribution is 1.94. The van der Waals surface area contributed by atoms with Gasteiger partial charge in [0.2, 0.25) is 0 Å². The van der Waals surface area contributed by atoms with Crippen LogP contribution in [0.1, 0.15) is 33.1 Å². The summed E-state index contributed by atoms with van der Waals surface area (Å²) in [6.45, 7) is 3.83. The fourth-order valence-corrected chi connectivity index (χ4v) is 0.703. The van der Waals surface area contributed by atoms with Crippen molar-refractivity contribution in [2.45, 2.75) is 39.2 Å². The molecule has 0 N–H and O–H groups in total. The smallest absolute Gasteiger partial charge is 0.438 e. The van der Waals surface area contributed by atoms with Gasteiger partial charge in [-0.2, -0.15) is 0 Å². The van der Waals surface area contributed by atoms with Gasteiger partial charge in [0.25, 0.3) is 0 Å². The molecule has 0 amide bonds. The van der Waals surface area contributed by atoms with Gasteiger partial charge in [-0.3, -0.25) is 0 Å². The first-order chi connectivity index (χ1) is 6.20. The maximum absolute atomic E-state index is 10.6. The maximum atomic E-state index is 10.6. The fraction of sp³-hybridized carbons (Fsp3) is 0.700. The molecule has 3 nitrogen and oxygen atoms in total. The number of methoxy groups -OCH3 is 1. The molecule has 0 fully saturated rings. The SMILES string of the molecule is CCCCC#CC(C)OC(=O)OC. The Kier molecular flexibility index (Phi) is 6.80. The molecule has 1 unspecified atom stereocenters. The summed E-state index contributed by atoms with van der Waals surface area (Å²) in [6.07, 6.45) is 1.99. The van der Waals surface area contributed by atoms with Crippen LogP contribution in [0.5, 0.6) is 0 Å². The van der Waals surface area contributed by atoms with Crippen LogP contribution in [0, 0.1) is 11.8 Å². The summed E-state index contributed by atoms with van der Waals surface area (Å²) in [5, 5.41) is 0. The van der Waals surface area contributed by atoms with E-state index in [0.717, 1.165) is 19.3 Å². The Morgan fingerprint density at radius 3 is 2.77 bits per heavy atom. The van der Waals surface area contributed by atoms with E-state index in [1.165, 1.54) is 7.11 Å². The third-order valence-electron chi connectivity index (χ3n) is 1.40. The number of unbranched alkanes of at least 4 members (excludes halogenated alkanes) is 2. The summed E-state index contributed by atoms with van der Waals surface area (Å²) in [5.74, 6) is 5.74. The monoisotopic (exact) mass is 184 g/mol. The topological polar surface area (TPSA) is 35.5 Å². The zero-order valence-corrected chi connectivity index (χ0v) is 8.42. The molecule has 0 saturated carbocycles. The van der Waals surface area contributed by atoms with Crippen LogP contribution in [0.2, 0.25) is 0 Å². The number of ether oxygens (including phenoxy) is 2. The van der Waals surface area contributed by atoms with Crippen molar-refractivity contribution in [3.63, 3.8) is 0 Å². The van der Waals surface area contributed by atoms with Crippen LogP contribution in [0.15, 0.2) is 0 Å². The van der Waals surface area contributed by atoms with Gasteiger partial charge in [-0.1, -0.05) is 25.2 Å². The molecule has 0 saturated heterocycles. The molecule has 0 aromatic heterocycles. The molecular formula is C10H16O3. The molecule has 0 heterocycles. The Balaban J connectivity index is 3.63. The van der Waals surface area contributed by atoms with Crippen LogP contribution >= 0.6 is 0 Å². The van der Waals surface area contributed by atoms with Gasteiger partial charge >= 0.3 is 6.16 Å². The second-order valence-corrected chi connectivity index (χ2v) is 2.64. The summed E-state index contributed by atoms with van der Waals surface area (Å²) in [6, 6.07) is 0. The van der Waals surface area contributed by atoms with Gasteiger partial charge in [0.15, 0.2) is 6.10 Å². The van der Waals surface area contributed by atoms with Crippen molar-refractivity contribution >= 4 is 6.16 Å². The summed E-state index contributed by atoms with van der Waals surface area (Å²) in [7, 11) is 1.28. The molecule has 0 aliphatic rings. The van der Waals surface area contributed by atoms with Crippen LogP contribution in [-0.2, 0) is 9.47 Å². The lowest BCUT2D eigenvalue weighted by Crippen LogP contribution is -2.12. The average molecular weight is 184 g/mol. The zero-order valence-electron chi connectivity index (χ0n) is 8.42. The number of carbonyl (C=O) groups is 1. The molecule has 0 spiro atoms. The highest BCUT2D eigenvalue weighted by atomic mass is 16.7. The van der Waals surface area contributed by atoms with Crippen molar-refractivity contribution in [1.82, 2.24) is 0 Å². The van der Waals surface area contributed by atoms with Crippen molar-refractivity contribution in [2.24, 2.45) is 0 Å². The second-order valence-electron chi connectivity index (χ2n) is 2.64. The van der Waals surface area contributed by atoms with E-state index < -0.39 is 6.16 Å². The third-order valence-corrected chi connectivity index (χ3v) is 1.40. The quantitative estimate of drug-likeness (QED) is 0.383. The Labute approximate surface area is 79.4 Å². The predicted octanol–water partition coefficient (Wildman–Crippen LogP) is 2.35. The highest BCUT2D eigenvalue weighted by molar-refractivity contribution is 5.60. The molecule has 74 valence electrons. The molecular weight excluding hydrogens is 168 g/mol. The Hall–Kier alpha value is -1.17. The summed E-state index contributed by atoms with van der Waals surface area (Å²) >= 11 is 0. The minimum atomic E-state index is -0.683. The summed E-state index contributed by atoms with van der Waals surface area (Å²) in [4.78, 5) is 10.6. The largest absolute Gasteiger partial charge is 0.509 e. The molecule has 0 rings (SSSR count). The number of hydrogen-bond donors (Lipinski definition) is 0.